The van der Waals surface area contributed by atoms with E-state index in [0.717, 1.165) is 50.7 Å². The van der Waals surface area contributed by atoms with E-state index >= 15 is 0 Å². The average molecular weight is 594 g/mol. The number of fused-ring (bicyclic) bond motifs is 2. The number of ether oxygens (including phenoxy) is 3. The van der Waals surface area contributed by atoms with Gasteiger partial charge in [-0.3, -0.25) is 4.90 Å². The van der Waals surface area contributed by atoms with Gasteiger partial charge in [-0.05, 0) is 42.8 Å². The van der Waals surface area contributed by atoms with Gasteiger partial charge in [-0.25, -0.2) is 19.2 Å². The Labute approximate surface area is 246 Å². The molecule has 2 saturated heterocycles. The Morgan fingerprint density at radius 1 is 1.10 bits per heavy atom. The summed E-state index contributed by atoms with van der Waals surface area (Å²) in [6.45, 7) is 5.25. The zero-order chi connectivity index (χ0) is 28.8. The fourth-order valence-electron chi connectivity index (χ4n) is 5.71. The van der Waals surface area contributed by atoms with Crippen LogP contribution in [0.5, 0.6) is 11.5 Å². The molecule has 0 aliphatic carbocycles. The number of anilines is 1. The summed E-state index contributed by atoms with van der Waals surface area (Å²) in [5, 5.41) is 9.79. The fraction of sp³-hybridized carbons (Fsp3) is 0.367. The molecular weight excluding hydrogens is 565 g/mol. The van der Waals surface area contributed by atoms with E-state index in [1.54, 1.807) is 18.2 Å². The molecule has 0 radical (unpaired) electrons. The maximum absolute atomic E-state index is 14.5. The van der Waals surface area contributed by atoms with Crippen molar-refractivity contribution in [1.29, 1.82) is 0 Å². The lowest BCUT2D eigenvalue weighted by Gasteiger charge is -2.38. The van der Waals surface area contributed by atoms with E-state index in [2.05, 4.69) is 14.8 Å². The standard InChI is InChI=1S/C30H29ClFN5O5/c31-18-4-5-20(21(32)14-18)26-17-41-28-24(2-1-3-25(28)42-26)36-11-9-35(10-12-36)16-27-33-22-6-7-23(30(38)39)34-29(22)37(27)15-19-8-13-40-19/h1-7,14,19,26H,8-13,15-17H2,(H,38,39). The van der Waals surface area contributed by atoms with Crippen molar-refractivity contribution >= 4 is 34.4 Å². The number of benzene rings is 2. The third kappa shape index (κ3) is 5.12. The SMILES string of the molecule is O=C(O)c1ccc2nc(CN3CCN(c4cccc5c4OCC(c4ccc(Cl)cc4F)O5)CC3)n(CC3CCO3)c2n1. The number of carbonyl (C=O) groups is 1. The van der Waals surface area contributed by atoms with Crippen molar-refractivity contribution in [3.05, 3.63) is 76.5 Å². The van der Waals surface area contributed by atoms with E-state index in [9.17, 15) is 14.3 Å². The Bertz CT molecular complexity index is 1650. The third-order valence-corrected chi connectivity index (χ3v) is 8.30. The second kappa shape index (κ2) is 11.0. The number of pyridine rings is 1. The van der Waals surface area contributed by atoms with Crippen molar-refractivity contribution in [1.82, 2.24) is 19.4 Å². The lowest BCUT2D eigenvalue weighted by Crippen LogP contribution is -2.46. The molecule has 0 bridgehead atoms. The maximum Gasteiger partial charge on any atom is 0.354 e. The first-order chi connectivity index (χ1) is 20.4. The topological polar surface area (TPSA) is 102 Å². The minimum Gasteiger partial charge on any atom is -0.483 e. The molecule has 3 aliphatic heterocycles. The molecule has 10 nitrogen and oxygen atoms in total. The predicted molar refractivity (Wildman–Crippen MR) is 153 cm³/mol. The molecule has 2 aromatic heterocycles. The van der Waals surface area contributed by atoms with Crippen molar-refractivity contribution in [2.75, 3.05) is 44.3 Å². The monoisotopic (exact) mass is 593 g/mol. The number of piperazine rings is 1. The highest BCUT2D eigenvalue weighted by Crippen LogP contribution is 2.44. The summed E-state index contributed by atoms with van der Waals surface area (Å²) in [6, 6.07) is 13.6. The van der Waals surface area contributed by atoms with Crippen molar-refractivity contribution in [2.45, 2.75) is 31.7 Å². The van der Waals surface area contributed by atoms with Gasteiger partial charge in [-0.15, -0.1) is 0 Å². The van der Waals surface area contributed by atoms with Gasteiger partial charge in [0.15, 0.2) is 28.9 Å². The van der Waals surface area contributed by atoms with Gasteiger partial charge >= 0.3 is 5.97 Å². The van der Waals surface area contributed by atoms with E-state index in [1.165, 1.54) is 12.1 Å². The molecule has 3 aliphatic rings. The van der Waals surface area contributed by atoms with Crippen molar-refractivity contribution < 1.29 is 28.5 Å². The van der Waals surface area contributed by atoms with E-state index in [0.29, 0.717) is 46.3 Å². The summed E-state index contributed by atoms with van der Waals surface area (Å²) < 4.78 is 34.5. The van der Waals surface area contributed by atoms with Crippen LogP contribution in [0.15, 0.2) is 48.5 Å². The molecule has 7 rings (SSSR count). The molecule has 12 heteroatoms. The highest BCUT2D eigenvalue weighted by Gasteiger charge is 2.30. The average Bonchev–Trinajstić information content (AvgIpc) is 3.30. The molecule has 1 N–H and O–H groups in total. The van der Waals surface area contributed by atoms with Crippen LogP contribution in [-0.4, -0.2) is 76.0 Å². The first-order valence-electron chi connectivity index (χ1n) is 14.0. The highest BCUT2D eigenvalue weighted by molar-refractivity contribution is 6.30. The van der Waals surface area contributed by atoms with Crippen LogP contribution in [0, 0.1) is 5.82 Å². The minimum atomic E-state index is -1.06. The van der Waals surface area contributed by atoms with E-state index < -0.39 is 17.9 Å². The van der Waals surface area contributed by atoms with Crippen molar-refractivity contribution in [3.63, 3.8) is 0 Å². The smallest absolute Gasteiger partial charge is 0.354 e. The van der Waals surface area contributed by atoms with Crippen LogP contribution >= 0.6 is 11.6 Å². The lowest BCUT2D eigenvalue weighted by molar-refractivity contribution is -0.0592. The predicted octanol–water partition coefficient (Wildman–Crippen LogP) is 4.55. The van der Waals surface area contributed by atoms with Crippen molar-refractivity contribution in [3.8, 4) is 11.5 Å². The molecule has 42 heavy (non-hydrogen) atoms. The van der Waals surface area contributed by atoms with Gasteiger partial charge in [-0.1, -0.05) is 23.7 Å². The Hall–Kier alpha value is -3.93. The molecular formula is C30H29ClFN5O5. The molecule has 218 valence electrons. The number of hydrogen-bond donors (Lipinski definition) is 1. The van der Waals surface area contributed by atoms with Gasteiger partial charge in [-0.2, -0.15) is 0 Å². The summed E-state index contributed by atoms with van der Waals surface area (Å²) in [5.41, 5.74) is 2.61. The van der Waals surface area contributed by atoms with Gasteiger partial charge in [0, 0.05) is 43.4 Å². The van der Waals surface area contributed by atoms with Crippen LogP contribution in [0.1, 0.15) is 34.4 Å². The zero-order valence-electron chi connectivity index (χ0n) is 22.7. The summed E-state index contributed by atoms with van der Waals surface area (Å²) in [4.78, 5) is 25.4. The lowest BCUT2D eigenvalue weighted by atomic mass is 10.1. The highest BCUT2D eigenvalue weighted by atomic mass is 35.5. The normalized spacial score (nSPS) is 20.5. The second-order valence-electron chi connectivity index (χ2n) is 10.7. The molecule has 2 fully saturated rings. The Morgan fingerprint density at radius 2 is 1.93 bits per heavy atom. The fourth-order valence-corrected chi connectivity index (χ4v) is 5.87. The van der Waals surface area contributed by atoms with Crippen LogP contribution in [0.25, 0.3) is 11.2 Å². The minimum absolute atomic E-state index is 0.000328. The number of hydrogen-bond acceptors (Lipinski definition) is 8. The van der Waals surface area contributed by atoms with Crippen LogP contribution < -0.4 is 14.4 Å². The van der Waals surface area contributed by atoms with Gasteiger partial charge in [0.25, 0.3) is 0 Å². The zero-order valence-corrected chi connectivity index (χ0v) is 23.5. The molecule has 2 atom stereocenters. The van der Waals surface area contributed by atoms with Crippen LogP contribution in [-0.2, 0) is 17.8 Å². The number of carboxylic acid groups (broad SMARTS) is 1. The molecule has 0 spiro atoms. The number of halogens is 2. The van der Waals surface area contributed by atoms with Gasteiger partial charge in [0.2, 0.25) is 0 Å². The molecule has 2 aromatic carbocycles. The molecule has 0 amide bonds. The Kier molecular flexibility index (Phi) is 7.09. The third-order valence-electron chi connectivity index (χ3n) is 8.06. The molecule has 0 saturated carbocycles. The van der Waals surface area contributed by atoms with Crippen molar-refractivity contribution in [2.24, 2.45) is 0 Å². The number of aromatic nitrogens is 3. The maximum atomic E-state index is 14.5. The van der Waals surface area contributed by atoms with Crippen LogP contribution in [0.2, 0.25) is 5.02 Å². The summed E-state index contributed by atoms with van der Waals surface area (Å²) in [7, 11) is 0. The summed E-state index contributed by atoms with van der Waals surface area (Å²) in [5.74, 6) is 0.615. The number of carboxylic acids is 1. The quantitative estimate of drug-likeness (QED) is 0.331. The van der Waals surface area contributed by atoms with Gasteiger partial charge in [0.1, 0.15) is 23.8 Å². The first-order valence-corrected chi connectivity index (χ1v) is 14.4. The number of nitrogens with zero attached hydrogens (tertiary/aromatic N) is 5. The Morgan fingerprint density at radius 3 is 2.67 bits per heavy atom. The second-order valence-corrected chi connectivity index (χ2v) is 11.2. The number of aromatic carboxylic acids is 1. The van der Waals surface area contributed by atoms with Gasteiger partial charge < -0.3 is 28.8 Å². The van der Waals surface area contributed by atoms with Gasteiger partial charge in [0.05, 0.1) is 24.9 Å². The van der Waals surface area contributed by atoms with E-state index in [4.69, 9.17) is 30.8 Å². The summed E-state index contributed by atoms with van der Waals surface area (Å²) in [6.07, 6.45) is 0.474. The summed E-state index contributed by atoms with van der Waals surface area (Å²) >= 11 is 5.92. The first kappa shape index (κ1) is 26.9. The number of para-hydroxylation sites is 1. The number of rotatable bonds is 7. The molecule has 5 heterocycles. The van der Waals surface area contributed by atoms with Crippen LogP contribution in [0.3, 0.4) is 0 Å². The molecule has 4 aromatic rings. The van der Waals surface area contributed by atoms with E-state index in [1.807, 2.05) is 22.8 Å². The van der Waals surface area contributed by atoms with Crippen LogP contribution in [0.4, 0.5) is 10.1 Å². The number of imidazole rings is 1. The molecule has 2 unspecified atom stereocenters. The Balaban J connectivity index is 1.05. The van der Waals surface area contributed by atoms with E-state index in [-0.39, 0.29) is 18.4 Å². The largest absolute Gasteiger partial charge is 0.483 e.